The summed E-state index contributed by atoms with van der Waals surface area (Å²) in [5.74, 6) is -0.704. The van der Waals surface area contributed by atoms with E-state index in [0.29, 0.717) is 17.5 Å². The molecule has 0 spiro atoms. The average Bonchev–Trinajstić information content (AvgIpc) is 3.48. The van der Waals surface area contributed by atoms with E-state index in [-0.39, 0.29) is 30.2 Å². The van der Waals surface area contributed by atoms with Crippen molar-refractivity contribution in [1.29, 1.82) is 0 Å². The number of imide groups is 1. The minimum atomic E-state index is -0.882. The number of nitrogens with zero attached hydrogens (tertiary/aromatic N) is 2. The average molecular weight is 481 g/mol. The molecular weight excluding hydrogens is 456 g/mol. The zero-order chi connectivity index (χ0) is 24.5. The number of rotatable bonds is 2. The van der Waals surface area contributed by atoms with Crippen molar-refractivity contribution in [3.63, 3.8) is 0 Å². The molecule has 3 aliphatic heterocycles. The lowest BCUT2D eigenvalue weighted by atomic mass is 9.93. The van der Waals surface area contributed by atoms with Gasteiger partial charge in [0.15, 0.2) is 5.72 Å². The number of carbonyl (C=O) groups excluding carboxylic acids is 2. The van der Waals surface area contributed by atoms with Crippen LogP contribution in [0.1, 0.15) is 40.3 Å². The van der Waals surface area contributed by atoms with Crippen molar-refractivity contribution < 1.29 is 19.1 Å². The van der Waals surface area contributed by atoms with Crippen LogP contribution < -0.4 is 10.6 Å². The van der Waals surface area contributed by atoms with Gasteiger partial charge in [-0.1, -0.05) is 36.4 Å². The molecule has 0 saturated carbocycles. The fourth-order valence-corrected chi connectivity index (χ4v) is 7.25. The van der Waals surface area contributed by atoms with Crippen molar-refractivity contribution in [2.45, 2.75) is 37.4 Å². The van der Waals surface area contributed by atoms with Gasteiger partial charge in [-0.25, -0.2) is 0 Å². The van der Waals surface area contributed by atoms with E-state index in [4.69, 9.17) is 9.47 Å². The first-order valence-corrected chi connectivity index (χ1v) is 12.3. The normalized spacial score (nSPS) is 26.9. The summed E-state index contributed by atoms with van der Waals surface area (Å²) in [6, 6.07) is 16.1. The molecule has 2 N–H and O–H groups in total. The Kier molecular flexibility index (Phi) is 3.71. The molecule has 180 valence electrons. The highest BCUT2D eigenvalue weighted by molar-refractivity contribution is 6.39. The molecule has 36 heavy (non-hydrogen) atoms. The fourth-order valence-electron chi connectivity index (χ4n) is 7.25. The zero-order valence-corrected chi connectivity index (χ0v) is 20.1. The molecule has 1 saturated heterocycles. The van der Waals surface area contributed by atoms with Crippen LogP contribution in [0.5, 0.6) is 0 Å². The van der Waals surface area contributed by atoms with Crippen LogP contribution in [-0.2, 0) is 15.2 Å². The first kappa shape index (κ1) is 20.5. The minimum Gasteiger partial charge on any atom is -0.375 e. The number of hydrogen-bond donors (Lipinski definition) is 2. The van der Waals surface area contributed by atoms with Gasteiger partial charge in [0.05, 0.1) is 33.2 Å². The van der Waals surface area contributed by atoms with Crippen LogP contribution in [0.4, 0.5) is 0 Å². The van der Waals surface area contributed by atoms with E-state index >= 15 is 0 Å². The largest absolute Gasteiger partial charge is 0.375 e. The number of hydrogen-bond acceptors (Lipinski definition) is 5. The maximum atomic E-state index is 13.3. The Balaban J connectivity index is 1.74. The summed E-state index contributed by atoms with van der Waals surface area (Å²) in [6.07, 6.45) is 0.0823. The molecule has 3 aromatic carbocycles. The van der Waals surface area contributed by atoms with Gasteiger partial charge in [-0.05, 0) is 26.1 Å². The summed E-state index contributed by atoms with van der Waals surface area (Å²) in [4.78, 5) is 26.7. The third-order valence-electron chi connectivity index (χ3n) is 8.52. The molecule has 8 rings (SSSR count). The molecule has 3 aliphatic rings. The molecule has 4 atom stereocenters. The van der Waals surface area contributed by atoms with Crippen LogP contribution in [0, 0.1) is 0 Å². The summed E-state index contributed by atoms with van der Waals surface area (Å²) < 4.78 is 17.6. The number of methoxy groups -OCH3 is 1. The van der Waals surface area contributed by atoms with E-state index in [1.807, 2.05) is 43.4 Å². The van der Waals surface area contributed by atoms with E-state index in [1.165, 1.54) is 0 Å². The maximum Gasteiger partial charge on any atom is 0.259 e. The molecule has 1 fully saturated rings. The van der Waals surface area contributed by atoms with Gasteiger partial charge in [0.2, 0.25) is 0 Å². The number of ether oxygens (including phenoxy) is 2. The highest BCUT2D eigenvalue weighted by Gasteiger charge is 2.53. The summed E-state index contributed by atoms with van der Waals surface area (Å²) in [6.45, 7) is 2.07. The molecule has 2 amide bonds. The molecule has 2 bridgehead atoms. The molecule has 0 radical (unpaired) electrons. The van der Waals surface area contributed by atoms with Gasteiger partial charge in [0.25, 0.3) is 11.8 Å². The van der Waals surface area contributed by atoms with Crippen molar-refractivity contribution in [3.8, 4) is 0 Å². The van der Waals surface area contributed by atoms with Gasteiger partial charge in [-0.3, -0.25) is 14.9 Å². The lowest BCUT2D eigenvalue weighted by Crippen LogP contribution is -2.59. The van der Waals surface area contributed by atoms with Gasteiger partial charge in [0.1, 0.15) is 12.3 Å². The second-order valence-electron chi connectivity index (χ2n) is 10.1. The number of fused-ring (bicyclic) bond motifs is 13. The minimum absolute atomic E-state index is 0.0114. The van der Waals surface area contributed by atoms with Gasteiger partial charge >= 0.3 is 0 Å². The van der Waals surface area contributed by atoms with Crippen LogP contribution >= 0.6 is 0 Å². The van der Waals surface area contributed by atoms with Crippen LogP contribution in [0.2, 0.25) is 0 Å². The Labute approximate surface area is 205 Å². The highest BCUT2D eigenvalue weighted by Crippen LogP contribution is 2.53. The Morgan fingerprint density at radius 1 is 0.972 bits per heavy atom. The second kappa shape index (κ2) is 6.53. The van der Waals surface area contributed by atoms with Crippen molar-refractivity contribution >= 4 is 55.4 Å². The number of para-hydroxylation sites is 2. The van der Waals surface area contributed by atoms with Crippen LogP contribution in [0.15, 0.2) is 48.5 Å². The second-order valence-corrected chi connectivity index (χ2v) is 10.1. The van der Waals surface area contributed by atoms with E-state index in [1.54, 1.807) is 7.11 Å². The first-order chi connectivity index (χ1) is 17.5. The lowest BCUT2D eigenvalue weighted by molar-refractivity contribution is -0.256. The number of benzene rings is 3. The third kappa shape index (κ3) is 2.10. The Hall–Kier alpha value is -3.72. The number of carbonyl (C=O) groups is 2. The first-order valence-electron chi connectivity index (χ1n) is 12.3. The summed E-state index contributed by atoms with van der Waals surface area (Å²) in [5.41, 5.74) is 3.75. The zero-order valence-electron chi connectivity index (χ0n) is 20.1. The quantitative estimate of drug-likeness (QED) is 0.373. The predicted octanol–water partition coefficient (Wildman–Crippen LogP) is 3.99. The van der Waals surface area contributed by atoms with Crippen molar-refractivity contribution in [2.75, 3.05) is 14.2 Å². The van der Waals surface area contributed by atoms with Gasteiger partial charge in [-0.2, -0.15) is 0 Å². The molecule has 2 aromatic heterocycles. The number of amides is 2. The van der Waals surface area contributed by atoms with E-state index in [2.05, 4.69) is 38.8 Å². The van der Waals surface area contributed by atoms with Crippen molar-refractivity contribution in [3.05, 3.63) is 59.7 Å². The Morgan fingerprint density at radius 2 is 1.58 bits per heavy atom. The van der Waals surface area contributed by atoms with Crippen LogP contribution in [-0.4, -0.2) is 47.3 Å². The van der Waals surface area contributed by atoms with E-state index in [9.17, 15) is 9.59 Å². The molecule has 0 aliphatic carbocycles. The monoisotopic (exact) mass is 480 g/mol. The molecule has 5 heterocycles. The number of nitrogens with one attached hydrogen (secondary N) is 2. The Morgan fingerprint density at radius 3 is 2.25 bits per heavy atom. The maximum absolute atomic E-state index is 13.3. The van der Waals surface area contributed by atoms with Crippen LogP contribution in [0.3, 0.4) is 0 Å². The molecule has 8 nitrogen and oxygen atoms in total. The highest BCUT2D eigenvalue weighted by atomic mass is 16.6. The molecule has 0 unspecified atom stereocenters. The summed E-state index contributed by atoms with van der Waals surface area (Å²) in [5, 5.41) is 9.49. The molecular formula is C28H24N4O4. The molecule has 5 aromatic rings. The SMILES string of the molecule is CN[C@H]1C[C@@H]2O[C@](C)([C@H]1OC)n1c3ccccc3c3c4c(c5c6ccccc6n2c5c31)C(=O)NC4=O. The van der Waals surface area contributed by atoms with Gasteiger partial charge < -0.3 is 23.9 Å². The van der Waals surface area contributed by atoms with Crippen molar-refractivity contribution in [2.24, 2.45) is 0 Å². The van der Waals surface area contributed by atoms with Crippen molar-refractivity contribution in [1.82, 2.24) is 19.8 Å². The molecule has 8 heteroatoms. The number of aromatic nitrogens is 2. The topological polar surface area (TPSA) is 86.5 Å². The smallest absolute Gasteiger partial charge is 0.259 e. The third-order valence-corrected chi connectivity index (χ3v) is 8.52. The summed E-state index contributed by atoms with van der Waals surface area (Å²) >= 11 is 0. The van der Waals surface area contributed by atoms with Gasteiger partial charge in [-0.15, -0.1) is 0 Å². The Bertz CT molecular complexity index is 1830. The number of likely N-dealkylation sites (N-methyl/N-ethyl adjacent to an activating group) is 1. The van der Waals surface area contributed by atoms with Crippen LogP contribution in [0.25, 0.3) is 43.6 Å². The fraction of sp³-hybridized carbons (Fsp3) is 0.286. The van der Waals surface area contributed by atoms with E-state index in [0.717, 1.165) is 43.6 Å². The van der Waals surface area contributed by atoms with Gasteiger partial charge in [0, 0.05) is 41.1 Å². The standard InChI is InChI=1S/C28H24N4O4/c1-28-25(35-3)15(29-2)12-18(36-28)31-16-10-6-4-8-13(16)19-21-22(27(34)30-26(21)33)20-14-9-5-7-11-17(14)32(28)24(20)23(19)31/h4-11,15,18,25,29H,12H2,1-3H3,(H,30,33,34)/t15-,18-,25-,28+/m0/s1. The summed E-state index contributed by atoms with van der Waals surface area (Å²) in [7, 11) is 3.67. The van der Waals surface area contributed by atoms with E-state index < -0.39 is 5.72 Å². The predicted molar refractivity (Wildman–Crippen MR) is 136 cm³/mol. The lowest BCUT2D eigenvalue weighted by Gasteiger charge is -2.48.